The molecule has 0 saturated heterocycles. The number of aromatic nitrogens is 2. The standard InChI is InChI=1S/C39H22N2/c1-2-7-27-22-36-33(20-26(27)6-1)32-21-28(16-19-31(32)39-40-34-10-3-4-11-35(34)41(36)39)29-17-14-25-13-12-23-8-5-9-24-15-18-30(29)38(25)37(23)24/h1-22H. The molecule has 0 aliphatic rings. The Morgan fingerprint density at radius 1 is 0.415 bits per heavy atom. The van der Waals surface area contributed by atoms with Crippen molar-refractivity contribution in [3.63, 3.8) is 0 Å². The second-order valence-electron chi connectivity index (χ2n) is 11.2. The molecule has 0 unspecified atom stereocenters. The Morgan fingerprint density at radius 2 is 1.10 bits per heavy atom. The van der Waals surface area contributed by atoms with Crippen LogP contribution in [-0.4, -0.2) is 9.38 Å². The maximum absolute atomic E-state index is 5.14. The summed E-state index contributed by atoms with van der Waals surface area (Å²) in [7, 11) is 0. The predicted molar refractivity (Wildman–Crippen MR) is 174 cm³/mol. The third-order valence-electron chi connectivity index (χ3n) is 9.06. The minimum atomic E-state index is 1.01. The molecule has 10 rings (SSSR count). The summed E-state index contributed by atoms with van der Waals surface area (Å²) in [5.74, 6) is 0. The van der Waals surface area contributed by atoms with Crippen molar-refractivity contribution < 1.29 is 0 Å². The van der Waals surface area contributed by atoms with Crippen LogP contribution in [0, 0.1) is 0 Å². The molecular formula is C39H22N2. The van der Waals surface area contributed by atoms with Crippen LogP contribution in [0.5, 0.6) is 0 Å². The maximum Gasteiger partial charge on any atom is 0.146 e. The Bertz CT molecular complexity index is 2680. The second kappa shape index (κ2) is 7.59. The molecule has 41 heavy (non-hydrogen) atoms. The molecule has 0 aliphatic heterocycles. The highest BCUT2D eigenvalue weighted by Gasteiger charge is 2.17. The molecule has 0 bridgehead atoms. The summed E-state index contributed by atoms with van der Waals surface area (Å²) in [4.78, 5) is 5.14. The molecule has 0 aliphatic carbocycles. The molecule has 2 aromatic heterocycles. The lowest BCUT2D eigenvalue weighted by atomic mass is 9.89. The van der Waals surface area contributed by atoms with Crippen molar-refractivity contribution in [1.29, 1.82) is 0 Å². The van der Waals surface area contributed by atoms with Crippen LogP contribution in [-0.2, 0) is 0 Å². The molecule has 2 heteroatoms. The topological polar surface area (TPSA) is 17.3 Å². The Morgan fingerprint density at radius 3 is 1.98 bits per heavy atom. The van der Waals surface area contributed by atoms with Crippen LogP contribution < -0.4 is 0 Å². The zero-order chi connectivity index (χ0) is 26.7. The normalized spacial score (nSPS) is 12.4. The molecule has 0 amide bonds. The van der Waals surface area contributed by atoms with Gasteiger partial charge in [0.2, 0.25) is 0 Å². The number of pyridine rings is 1. The molecule has 2 nitrogen and oxygen atoms in total. The van der Waals surface area contributed by atoms with Gasteiger partial charge in [0.25, 0.3) is 0 Å². The lowest BCUT2D eigenvalue weighted by Gasteiger charge is -2.15. The summed E-state index contributed by atoms with van der Waals surface area (Å²) in [5, 5.41) is 14.0. The van der Waals surface area contributed by atoms with Crippen LogP contribution >= 0.6 is 0 Å². The number of imidazole rings is 1. The summed E-state index contributed by atoms with van der Waals surface area (Å²) in [6.07, 6.45) is 0. The molecule has 0 N–H and O–H groups in total. The highest BCUT2D eigenvalue weighted by Crippen LogP contribution is 2.41. The first-order valence-electron chi connectivity index (χ1n) is 14.1. The number of nitrogens with zero attached hydrogens (tertiary/aromatic N) is 2. The van der Waals surface area contributed by atoms with E-state index >= 15 is 0 Å². The van der Waals surface area contributed by atoms with Crippen molar-refractivity contribution in [1.82, 2.24) is 9.38 Å². The van der Waals surface area contributed by atoms with Crippen molar-refractivity contribution in [2.75, 3.05) is 0 Å². The number of hydrogen-bond donors (Lipinski definition) is 0. The number of hydrogen-bond acceptors (Lipinski definition) is 1. The van der Waals surface area contributed by atoms with Crippen LogP contribution in [0.25, 0.3) is 92.6 Å². The van der Waals surface area contributed by atoms with Crippen LogP contribution in [0.3, 0.4) is 0 Å². The minimum absolute atomic E-state index is 1.01. The Hall–Kier alpha value is -5.47. The van der Waals surface area contributed by atoms with Gasteiger partial charge < -0.3 is 0 Å². The van der Waals surface area contributed by atoms with Gasteiger partial charge in [0.1, 0.15) is 5.65 Å². The average Bonchev–Trinajstić information content (AvgIpc) is 3.43. The van der Waals surface area contributed by atoms with Crippen molar-refractivity contribution >= 4 is 81.4 Å². The van der Waals surface area contributed by atoms with E-state index in [1.807, 2.05) is 0 Å². The molecule has 188 valence electrons. The summed E-state index contributed by atoms with van der Waals surface area (Å²) in [6, 6.07) is 49.0. The SMILES string of the molecule is c1ccc2cc3c(cc2c1)c1cc(-c2ccc4ccc5cccc6ccc2c4c56)ccc1c1nc2ccccc2n31. The molecule has 0 saturated carbocycles. The number of rotatable bonds is 1. The largest absolute Gasteiger partial charge is 0.292 e. The Balaban J connectivity index is 1.36. The molecule has 8 aromatic carbocycles. The van der Waals surface area contributed by atoms with Gasteiger partial charge in [-0.15, -0.1) is 0 Å². The van der Waals surface area contributed by atoms with Crippen molar-refractivity contribution in [3.8, 4) is 11.1 Å². The van der Waals surface area contributed by atoms with Gasteiger partial charge in [-0.2, -0.15) is 0 Å². The van der Waals surface area contributed by atoms with Gasteiger partial charge in [0.05, 0.1) is 16.6 Å². The zero-order valence-electron chi connectivity index (χ0n) is 22.1. The Kier molecular flexibility index (Phi) is 3.95. The van der Waals surface area contributed by atoms with Gasteiger partial charge in [-0.25, -0.2) is 4.98 Å². The van der Waals surface area contributed by atoms with Gasteiger partial charge in [-0.05, 0) is 96.0 Å². The molecule has 0 radical (unpaired) electrons. The summed E-state index contributed by atoms with van der Waals surface area (Å²) in [5.41, 5.74) is 6.84. The van der Waals surface area contributed by atoms with Crippen molar-refractivity contribution in [2.24, 2.45) is 0 Å². The monoisotopic (exact) mass is 518 g/mol. The fourth-order valence-corrected chi connectivity index (χ4v) is 7.20. The van der Waals surface area contributed by atoms with E-state index in [1.165, 1.54) is 75.9 Å². The second-order valence-corrected chi connectivity index (χ2v) is 11.2. The molecule has 0 spiro atoms. The lowest BCUT2D eigenvalue weighted by molar-refractivity contribution is 1.32. The molecule has 2 heterocycles. The number of para-hydroxylation sites is 2. The van der Waals surface area contributed by atoms with Crippen molar-refractivity contribution in [3.05, 3.63) is 133 Å². The average molecular weight is 519 g/mol. The first-order valence-corrected chi connectivity index (χ1v) is 14.1. The molecule has 10 aromatic rings. The van der Waals surface area contributed by atoms with Crippen LogP contribution in [0.15, 0.2) is 133 Å². The smallest absolute Gasteiger partial charge is 0.146 e. The summed E-state index contributed by atoms with van der Waals surface area (Å²) < 4.78 is 2.34. The van der Waals surface area contributed by atoms with Gasteiger partial charge in [-0.3, -0.25) is 4.40 Å². The van der Waals surface area contributed by atoms with E-state index in [1.54, 1.807) is 0 Å². The molecular weight excluding hydrogens is 496 g/mol. The maximum atomic E-state index is 5.14. The lowest BCUT2D eigenvalue weighted by Crippen LogP contribution is -1.93. The van der Waals surface area contributed by atoms with Crippen LogP contribution in [0.1, 0.15) is 0 Å². The summed E-state index contributed by atoms with van der Waals surface area (Å²) >= 11 is 0. The van der Waals surface area contributed by atoms with E-state index in [0.717, 1.165) is 16.7 Å². The fourth-order valence-electron chi connectivity index (χ4n) is 7.20. The molecule has 0 atom stereocenters. The van der Waals surface area contributed by atoms with Crippen LogP contribution in [0.2, 0.25) is 0 Å². The predicted octanol–water partition coefficient (Wildman–Crippen LogP) is 10.5. The molecule has 0 fully saturated rings. The van der Waals surface area contributed by atoms with E-state index in [4.69, 9.17) is 4.98 Å². The minimum Gasteiger partial charge on any atom is -0.292 e. The van der Waals surface area contributed by atoms with Gasteiger partial charge >= 0.3 is 0 Å². The van der Waals surface area contributed by atoms with E-state index in [9.17, 15) is 0 Å². The van der Waals surface area contributed by atoms with Crippen molar-refractivity contribution in [2.45, 2.75) is 0 Å². The third-order valence-corrected chi connectivity index (χ3v) is 9.06. The number of benzene rings is 8. The van der Waals surface area contributed by atoms with Gasteiger partial charge in [-0.1, -0.05) is 97.1 Å². The van der Waals surface area contributed by atoms with Crippen LogP contribution in [0.4, 0.5) is 0 Å². The van der Waals surface area contributed by atoms with E-state index < -0.39 is 0 Å². The quantitative estimate of drug-likeness (QED) is 0.156. The van der Waals surface area contributed by atoms with E-state index in [2.05, 4.69) is 138 Å². The number of fused-ring (bicyclic) bond motifs is 9. The highest BCUT2D eigenvalue weighted by molar-refractivity contribution is 6.26. The third kappa shape index (κ3) is 2.79. The first-order chi connectivity index (χ1) is 20.3. The van der Waals surface area contributed by atoms with Gasteiger partial charge in [0.15, 0.2) is 0 Å². The highest BCUT2D eigenvalue weighted by atomic mass is 15.0. The van der Waals surface area contributed by atoms with Gasteiger partial charge in [0, 0.05) is 10.8 Å². The first kappa shape index (κ1) is 21.4. The van der Waals surface area contributed by atoms with E-state index in [0.29, 0.717) is 0 Å². The zero-order valence-corrected chi connectivity index (χ0v) is 22.1. The Labute approximate surface area is 235 Å². The van der Waals surface area contributed by atoms with E-state index in [-0.39, 0.29) is 0 Å². The summed E-state index contributed by atoms with van der Waals surface area (Å²) in [6.45, 7) is 0. The fraction of sp³-hybridized carbons (Fsp3) is 0.